The summed E-state index contributed by atoms with van der Waals surface area (Å²) in [5.74, 6) is -0.585. The van der Waals surface area contributed by atoms with Crippen molar-refractivity contribution < 1.29 is 17.9 Å². The zero-order valence-corrected chi connectivity index (χ0v) is 10.8. The quantitative estimate of drug-likeness (QED) is 0.786. The number of nitrogens with one attached hydrogen (secondary N) is 1. The number of aromatic amines is 1. The van der Waals surface area contributed by atoms with E-state index in [1.165, 1.54) is 25.6 Å². The van der Waals surface area contributed by atoms with Crippen molar-refractivity contribution in [2.75, 3.05) is 13.7 Å². The average molecular weight is 260 g/mol. The van der Waals surface area contributed by atoms with E-state index in [0.29, 0.717) is 0 Å². The van der Waals surface area contributed by atoms with E-state index in [2.05, 4.69) is 9.72 Å². The van der Waals surface area contributed by atoms with Gasteiger partial charge in [-0.3, -0.25) is 4.79 Å². The summed E-state index contributed by atoms with van der Waals surface area (Å²) in [5, 5.41) is 0. The Morgan fingerprint density at radius 1 is 1.53 bits per heavy atom. The maximum Gasteiger partial charge on any atom is 0.321 e. The Morgan fingerprint density at radius 2 is 2.18 bits per heavy atom. The number of rotatable bonds is 5. The van der Waals surface area contributed by atoms with Crippen molar-refractivity contribution in [2.24, 2.45) is 0 Å². The van der Waals surface area contributed by atoms with Crippen molar-refractivity contribution in [2.45, 2.75) is 24.8 Å². The highest BCUT2D eigenvalue weighted by molar-refractivity contribution is 7.89. The average Bonchev–Trinajstić information content (AvgIpc) is 2.78. The van der Waals surface area contributed by atoms with E-state index in [4.69, 9.17) is 0 Å². The van der Waals surface area contributed by atoms with Gasteiger partial charge in [-0.15, -0.1) is 0 Å². The van der Waals surface area contributed by atoms with Crippen LogP contribution >= 0.6 is 0 Å². The fourth-order valence-electron chi connectivity index (χ4n) is 1.34. The molecule has 0 saturated carbocycles. The second-order valence-electron chi connectivity index (χ2n) is 3.77. The number of esters is 1. The van der Waals surface area contributed by atoms with Crippen LogP contribution in [-0.2, 0) is 19.6 Å². The van der Waals surface area contributed by atoms with Crippen molar-refractivity contribution in [1.82, 2.24) is 9.29 Å². The Bertz CT molecular complexity index is 465. The summed E-state index contributed by atoms with van der Waals surface area (Å²) in [6.07, 6.45) is 2.89. The first-order valence-corrected chi connectivity index (χ1v) is 6.55. The standard InChI is InChI=1S/C10H16N2O4S/c1-8(2)12(7-10(13)16-3)17(14,15)9-4-5-11-6-9/h4-6,8,11H,7H2,1-3H3. The lowest BCUT2D eigenvalue weighted by atomic mass is 10.4. The summed E-state index contributed by atoms with van der Waals surface area (Å²) in [5.41, 5.74) is 0. The Balaban J connectivity index is 3.03. The molecule has 0 aromatic carbocycles. The molecule has 1 aromatic heterocycles. The predicted octanol–water partition coefficient (Wildman–Crippen LogP) is 0.587. The summed E-state index contributed by atoms with van der Waals surface area (Å²) in [6.45, 7) is 3.11. The van der Waals surface area contributed by atoms with E-state index in [-0.39, 0.29) is 17.5 Å². The van der Waals surface area contributed by atoms with Gasteiger partial charge in [0.05, 0.1) is 12.0 Å². The van der Waals surface area contributed by atoms with Crippen LogP contribution in [0.2, 0.25) is 0 Å². The maximum atomic E-state index is 12.2. The zero-order valence-electron chi connectivity index (χ0n) is 10.0. The third kappa shape index (κ3) is 3.07. The molecule has 1 N–H and O–H groups in total. The fourth-order valence-corrected chi connectivity index (χ4v) is 2.90. The molecule has 0 unspecified atom stereocenters. The number of hydrogen-bond acceptors (Lipinski definition) is 4. The van der Waals surface area contributed by atoms with Crippen molar-refractivity contribution in [1.29, 1.82) is 0 Å². The molecule has 1 aromatic rings. The molecule has 0 saturated heterocycles. The van der Waals surface area contributed by atoms with Crippen molar-refractivity contribution in [3.63, 3.8) is 0 Å². The number of carbonyl (C=O) groups is 1. The van der Waals surface area contributed by atoms with Crippen LogP contribution in [0.3, 0.4) is 0 Å². The third-order valence-electron chi connectivity index (χ3n) is 2.26. The van der Waals surface area contributed by atoms with Crippen LogP contribution in [0.1, 0.15) is 13.8 Å². The normalized spacial score (nSPS) is 12.1. The van der Waals surface area contributed by atoms with Gasteiger partial charge in [0.15, 0.2) is 0 Å². The van der Waals surface area contributed by atoms with Crippen molar-refractivity contribution in [3.05, 3.63) is 18.5 Å². The second-order valence-corrected chi connectivity index (χ2v) is 5.66. The Hall–Kier alpha value is -1.34. The first-order valence-electron chi connectivity index (χ1n) is 5.11. The molecule has 1 heterocycles. The Kier molecular flexibility index (Phi) is 4.30. The molecular weight excluding hydrogens is 244 g/mol. The molecule has 7 heteroatoms. The van der Waals surface area contributed by atoms with Crippen LogP contribution in [-0.4, -0.2) is 43.4 Å². The lowest BCUT2D eigenvalue weighted by molar-refractivity contribution is -0.141. The van der Waals surface area contributed by atoms with Crippen LogP contribution < -0.4 is 0 Å². The highest BCUT2D eigenvalue weighted by atomic mass is 32.2. The van der Waals surface area contributed by atoms with E-state index in [1.807, 2.05) is 0 Å². The van der Waals surface area contributed by atoms with E-state index in [0.717, 1.165) is 4.31 Å². The maximum absolute atomic E-state index is 12.2. The topological polar surface area (TPSA) is 79.5 Å². The number of sulfonamides is 1. The number of hydrogen-bond donors (Lipinski definition) is 1. The molecule has 0 atom stereocenters. The lowest BCUT2D eigenvalue weighted by Crippen LogP contribution is -2.40. The summed E-state index contributed by atoms with van der Waals surface area (Å²) < 4.78 is 30.0. The SMILES string of the molecule is COC(=O)CN(C(C)C)S(=O)(=O)c1cc[nH]c1. The van der Waals surface area contributed by atoms with Gasteiger partial charge in [0.1, 0.15) is 6.54 Å². The van der Waals surface area contributed by atoms with Gasteiger partial charge in [-0.05, 0) is 19.9 Å². The number of ether oxygens (including phenoxy) is 1. The van der Waals surface area contributed by atoms with E-state index >= 15 is 0 Å². The molecule has 0 aliphatic heterocycles. The summed E-state index contributed by atoms with van der Waals surface area (Å²) in [7, 11) is -2.43. The van der Waals surface area contributed by atoms with Crippen molar-refractivity contribution in [3.8, 4) is 0 Å². The minimum absolute atomic E-state index is 0.134. The molecule has 0 aliphatic carbocycles. The van der Waals surface area contributed by atoms with Gasteiger partial charge in [0.2, 0.25) is 10.0 Å². The molecule has 0 spiro atoms. The molecule has 0 radical (unpaired) electrons. The molecule has 0 amide bonds. The molecule has 96 valence electrons. The van der Waals surface area contributed by atoms with Crippen LogP contribution in [0.25, 0.3) is 0 Å². The van der Waals surface area contributed by atoms with Gasteiger partial charge in [-0.2, -0.15) is 4.31 Å². The second kappa shape index (κ2) is 5.33. The molecule has 0 aliphatic rings. The molecular formula is C10H16N2O4S. The van der Waals surface area contributed by atoms with E-state index < -0.39 is 16.0 Å². The number of H-pyrrole nitrogens is 1. The van der Waals surface area contributed by atoms with Gasteiger partial charge in [-0.1, -0.05) is 0 Å². The van der Waals surface area contributed by atoms with Crippen LogP contribution in [0.15, 0.2) is 23.4 Å². The first-order chi connectivity index (χ1) is 7.89. The highest BCUT2D eigenvalue weighted by Gasteiger charge is 2.29. The Labute approximate surface area is 101 Å². The first kappa shape index (κ1) is 13.7. The minimum Gasteiger partial charge on any atom is -0.468 e. The number of nitrogens with zero attached hydrogens (tertiary/aromatic N) is 1. The molecule has 0 bridgehead atoms. The van der Waals surface area contributed by atoms with Crippen LogP contribution in [0, 0.1) is 0 Å². The largest absolute Gasteiger partial charge is 0.468 e. The minimum atomic E-state index is -3.66. The van der Waals surface area contributed by atoms with Crippen molar-refractivity contribution >= 4 is 16.0 Å². The van der Waals surface area contributed by atoms with Gasteiger partial charge < -0.3 is 9.72 Å². The number of aromatic nitrogens is 1. The summed E-state index contributed by atoms with van der Waals surface area (Å²) in [4.78, 5) is 14.0. The molecule has 17 heavy (non-hydrogen) atoms. The van der Waals surface area contributed by atoms with Gasteiger partial charge in [0, 0.05) is 18.4 Å². The fraction of sp³-hybridized carbons (Fsp3) is 0.500. The molecule has 1 rings (SSSR count). The highest BCUT2D eigenvalue weighted by Crippen LogP contribution is 2.17. The third-order valence-corrected chi connectivity index (χ3v) is 4.28. The van der Waals surface area contributed by atoms with E-state index in [1.54, 1.807) is 13.8 Å². The predicted molar refractivity (Wildman–Crippen MR) is 61.8 cm³/mol. The zero-order chi connectivity index (χ0) is 13.1. The lowest BCUT2D eigenvalue weighted by Gasteiger charge is -2.23. The number of methoxy groups -OCH3 is 1. The molecule has 0 fully saturated rings. The molecule has 6 nitrogen and oxygen atoms in total. The van der Waals surface area contributed by atoms with Gasteiger partial charge in [0.25, 0.3) is 0 Å². The Morgan fingerprint density at radius 3 is 2.59 bits per heavy atom. The van der Waals surface area contributed by atoms with Gasteiger partial charge >= 0.3 is 5.97 Å². The smallest absolute Gasteiger partial charge is 0.321 e. The summed E-state index contributed by atoms with van der Waals surface area (Å²) >= 11 is 0. The van der Waals surface area contributed by atoms with Crippen LogP contribution in [0.4, 0.5) is 0 Å². The van der Waals surface area contributed by atoms with Gasteiger partial charge in [-0.25, -0.2) is 8.42 Å². The number of carbonyl (C=O) groups excluding carboxylic acids is 1. The van der Waals surface area contributed by atoms with E-state index in [9.17, 15) is 13.2 Å². The van der Waals surface area contributed by atoms with Crippen LogP contribution in [0.5, 0.6) is 0 Å². The summed E-state index contributed by atoms with van der Waals surface area (Å²) in [6, 6.07) is 1.12. The monoisotopic (exact) mass is 260 g/mol.